The summed E-state index contributed by atoms with van der Waals surface area (Å²) < 4.78 is 0. The lowest BCUT2D eigenvalue weighted by atomic mass is 9.82. The number of amides is 4. The van der Waals surface area contributed by atoms with Crippen LogP contribution in [0.25, 0.3) is 0 Å². The topological polar surface area (TPSA) is 109 Å². The van der Waals surface area contributed by atoms with E-state index in [-0.39, 0.29) is 35.5 Å². The van der Waals surface area contributed by atoms with E-state index < -0.39 is 12.1 Å². The summed E-state index contributed by atoms with van der Waals surface area (Å²) in [5.74, 6) is 0.724. The molecule has 11 heteroatoms. The summed E-state index contributed by atoms with van der Waals surface area (Å²) in [4.78, 5) is 69.8. The van der Waals surface area contributed by atoms with Crippen LogP contribution in [0.3, 0.4) is 0 Å². The summed E-state index contributed by atoms with van der Waals surface area (Å²) in [7, 11) is 2.07. The third-order valence-corrected chi connectivity index (χ3v) is 19.6. The Morgan fingerprint density at radius 1 is 0.393 bits per heavy atom. The molecule has 4 rings (SSSR count). The van der Waals surface area contributed by atoms with Crippen LogP contribution in [-0.4, -0.2) is 146 Å². The molecule has 2 N–H and O–H groups in total. The number of nitrogens with zero attached hydrogens (tertiary/aromatic N) is 5. The van der Waals surface area contributed by atoms with Gasteiger partial charge < -0.3 is 35.1 Å². The molecule has 2 saturated heterocycles. The van der Waals surface area contributed by atoms with Crippen LogP contribution in [0.4, 0.5) is 0 Å². The van der Waals surface area contributed by atoms with Crippen LogP contribution in [0, 0.1) is 11.8 Å². The van der Waals surface area contributed by atoms with Gasteiger partial charge in [-0.3, -0.25) is 19.2 Å². The maximum absolute atomic E-state index is 14.7. The summed E-state index contributed by atoms with van der Waals surface area (Å²) in [6.45, 7) is 14.1. The second kappa shape index (κ2) is 50.1. The Morgan fingerprint density at radius 3 is 1.02 bits per heavy atom. The third kappa shape index (κ3) is 34.1. The van der Waals surface area contributed by atoms with Crippen LogP contribution in [0.2, 0.25) is 0 Å². The fourth-order valence-corrected chi connectivity index (χ4v) is 14.2. The van der Waals surface area contributed by atoms with Crippen LogP contribution in [0.5, 0.6) is 0 Å². The minimum atomic E-state index is -0.434. The number of allylic oxidation sites excluding steroid dienone is 4. The van der Waals surface area contributed by atoms with E-state index in [1.807, 2.05) is 9.80 Å². The quantitative estimate of drug-likeness (QED) is 0.0461. The molecule has 2 unspecified atom stereocenters. The van der Waals surface area contributed by atoms with E-state index >= 15 is 0 Å². The molecule has 4 amide bonds. The van der Waals surface area contributed by atoms with Gasteiger partial charge in [-0.15, -0.1) is 0 Å². The normalized spacial score (nSPS) is 18.0. The average molecular weight is 1170 g/mol. The average Bonchev–Trinajstić information content (AvgIpc) is 4.10. The van der Waals surface area contributed by atoms with E-state index in [9.17, 15) is 19.2 Å². The summed E-state index contributed by atoms with van der Waals surface area (Å²) in [5, 5.41) is 6.73. The molecule has 0 aromatic rings. The minimum absolute atomic E-state index is 0.0133. The smallest absolute Gasteiger partial charge is 0.243 e. The number of rotatable bonds is 48. The largest absolute Gasteiger partial charge is 0.353 e. The Balaban J connectivity index is 1.29. The summed E-state index contributed by atoms with van der Waals surface area (Å²) in [5.41, 5.74) is 0. The molecule has 0 aromatic carbocycles. The first kappa shape index (κ1) is 73.7. The molecule has 2 aliphatic carbocycles. The molecule has 11 nitrogen and oxygen atoms in total. The lowest BCUT2D eigenvalue weighted by molar-refractivity contribution is -0.143. The molecule has 2 heterocycles. The highest BCUT2D eigenvalue weighted by Crippen LogP contribution is 2.32. The van der Waals surface area contributed by atoms with Gasteiger partial charge in [-0.2, -0.15) is 0 Å². The highest BCUT2D eigenvalue weighted by molar-refractivity contribution is 5.89. The van der Waals surface area contributed by atoms with E-state index in [1.54, 1.807) is 0 Å². The number of likely N-dealkylation sites (N-methyl/N-ethyl adjacent to an activating group) is 1. The standard InChI is InChI=1S/C73H135N7O4/c1-4-6-8-10-12-14-16-18-20-22-24-26-28-30-42-52-68(81)79(64-62-77-56-44-32-33-45-57-77)70(66-48-38-36-39-49-66)72(83)74-54-60-76(3)61-55-75-73(84)71(67-50-40-37-41-51-67)80(65-63-78-58-46-34-35-47-59-78)69(82)53-43-31-29-27-25-23-21-19-17-15-13-11-9-7-5-2/h18-21,66-67,70-71H,4-17,22-65H2,1-3H3,(H,74,83)(H,75,84)/b20-18-,21-19-. The van der Waals surface area contributed by atoms with E-state index in [0.717, 1.165) is 142 Å². The maximum atomic E-state index is 14.7. The van der Waals surface area contributed by atoms with E-state index in [4.69, 9.17) is 0 Å². The minimum Gasteiger partial charge on any atom is -0.353 e. The number of nitrogens with one attached hydrogen (secondary N) is 2. The van der Waals surface area contributed by atoms with Gasteiger partial charge in [0.2, 0.25) is 23.6 Å². The Labute approximate surface area is 518 Å². The fourth-order valence-electron chi connectivity index (χ4n) is 14.2. The highest BCUT2D eigenvalue weighted by Gasteiger charge is 2.38. The van der Waals surface area contributed by atoms with Crippen molar-refractivity contribution in [2.24, 2.45) is 11.8 Å². The lowest BCUT2D eigenvalue weighted by Crippen LogP contribution is -2.56. The van der Waals surface area contributed by atoms with E-state index in [0.29, 0.717) is 52.1 Å². The lowest BCUT2D eigenvalue weighted by Gasteiger charge is -2.39. The molecule has 2 saturated carbocycles. The molecule has 0 spiro atoms. The van der Waals surface area contributed by atoms with Crippen molar-refractivity contribution in [2.45, 2.75) is 321 Å². The fraction of sp³-hybridized carbons (Fsp3) is 0.890. The first-order valence-corrected chi connectivity index (χ1v) is 36.9. The van der Waals surface area contributed by atoms with Crippen LogP contribution in [-0.2, 0) is 19.2 Å². The molecular weight excluding hydrogens is 1040 g/mol. The van der Waals surface area contributed by atoms with Gasteiger partial charge in [-0.25, -0.2) is 0 Å². The molecule has 0 radical (unpaired) electrons. The number of likely N-dealkylation sites (tertiary alicyclic amines) is 2. The molecular formula is C73H135N7O4. The molecule has 84 heavy (non-hydrogen) atoms. The van der Waals surface area contributed by atoms with E-state index in [1.165, 1.54) is 180 Å². The monoisotopic (exact) mass is 1170 g/mol. The number of unbranched alkanes of at least 4 members (excludes halogenated alkanes) is 22. The molecule has 486 valence electrons. The van der Waals surface area contributed by atoms with Gasteiger partial charge in [0.1, 0.15) is 12.1 Å². The zero-order valence-electron chi connectivity index (χ0n) is 55.5. The first-order valence-electron chi connectivity index (χ1n) is 36.9. The second-order valence-electron chi connectivity index (χ2n) is 26.9. The number of carbonyl (C=O) groups excluding carboxylic acids is 4. The van der Waals surface area contributed by atoms with E-state index in [2.05, 4.69) is 70.5 Å². The molecule has 0 aromatic heterocycles. The summed E-state index contributed by atoms with van der Waals surface area (Å²) in [6.07, 6.45) is 63.5. The van der Waals surface area contributed by atoms with Crippen molar-refractivity contribution in [3.8, 4) is 0 Å². The highest BCUT2D eigenvalue weighted by atomic mass is 16.2. The van der Waals surface area contributed by atoms with Crippen LogP contribution in [0.1, 0.15) is 309 Å². The summed E-state index contributed by atoms with van der Waals surface area (Å²) >= 11 is 0. The van der Waals surface area contributed by atoms with Gasteiger partial charge in [-0.05, 0) is 161 Å². The molecule has 4 aliphatic rings. The molecule has 4 fully saturated rings. The molecule has 2 aliphatic heterocycles. The third-order valence-electron chi connectivity index (χ3n) is 19.6. The predicted molar refractivity (Wildman–Crippen MR) is 356 cm³/mol. The predicted octanol–water partition coefficient (Wildman–Crippen LogP) is 16.5. The van der Waals surface area contributed by atoms with Crippen LogP contribution >= 0.6 is 0 Å². The van der Waals surface area contributed by atoms with Crippen molar-refractivity contribution in [1.29, 1.82) is 0 Å². The van der Waals surface area contributed by atoms with Gasteiger partial charge in [0, 0.05) is 65.2 Å². The summed E-state index contributed by atoms with van der Waals surface area (Å²) in [6, 6.07) is -0.868. The molecule has 2 atom stereocenters. The Bertz CT molecular complexity index is 1560. The van der Waals surface area contributed by atoms with Crippen molar-refractivity contribution >= 4 is 23.6 Å². The second-order valence-corrected chi connectivity index (χ2v) is 26.9. The molecule has 0 bridgehead atoms. The van der Waals surface area contributed by atoms with Gasteiger partial charge >= 0.3 is 0 Å². The maximum Gasteiger partial charge on any atom is 0.243 e. The first-order chi connectivity index (χ1) is 41.3. The van der Waals surface area contributed by atoms with Crippen LogP contribution < -0.4 is 10.6 Å². The zero-order valence-corrected chi connectivity index (χ0v) is 55.5. The number of hydrogen-bond acceptors (Lipinski definition) is 7. The van der Waals surface area contributed by atoms with Gasteiger partial charge in [-0.1, -0.05) is 205 Å². The number of carbonyl (C=O) groups is 4. The van der Waals surface area contributed by atoms with Gasteiger partial charge in [0.05, 0.1) is 0 Å². The van der Waals surface area contributed by atoms with Gasteiger partial charge in [0.25, 0.3) is 0 Å². The van der Waals surface area contributed by atoms with Crippen molar-refractivity contribution in [3.05, 3.63) is 24.3 Å². The van der Waals surface area contributed by atoms with Gasteiger partial charge in [0.15, 0.2) is 0 Å². The van der Waals surface area contributed by atoms with Crippen molar-refractivity contribution < 1.29 is 19.2 Å². The Morgan fingerprint density at radius 2 is 0.690 bits per heavy atom. The van der Waals surface area contributed by atoms with Crippen LogP contribution in [0.15, 0.2) is 24.3 Å². The van der Waals surface area contributed by atoms with Crippen molar-refractivity contribution in [2.75, 3.05) is 85.6 Å². The number of hydrogen-bond donors (Lipinski definition) is 2. The van der Waals surface area contributed by atoms with Crippen molar-refractivity contribution in [3.63, 3.8) is 0 Å². The van der Waals surface area contributed by atoms with Crippen molar-refractivity contribution in [1.82, 2.24) is 35.1 Å². The Hall–Kier alpha value is -2.76. The Kier molecular flexibility index (Phi) is 44.0. The zero-order chi connectivity index (χ0) is 59.8. The SMILES string of the molecule is CCCCCCCC/C=C\CCCCCCCC(=O)N(CCN1CCCCCC1)C(C(=O)NCCN(C)CCNC(=O)C(C1CCCCC1)N(CCN1CCCCCC1)C(=O)CCCCCCC/C=C\CCCCCCCC)C1CCCCC1.